The summed E-state index contributed by atoms with van der Waals surface area (Å²) in [4.78, 5) is 14.3. The summed E-state index contributed by atoms with van der Waals surface area (Å²) in [5, 5.41) is 0. The smallest absolute Gasteiger partial charge is 0.224 e. The molecule has 1 aliphatic heterocycles. The largest absolute Gasteiger partial charge is 0.375 e. The lowest BCUT2D eigenvalue weighted by atomic mass is 9.73. The Labute approximate surface area is 143 Å². The molecule has 0 aromatic heterocycles. The van der Waals surface area contributed by atoms with Crippen molar-refractivity contribution < 1.29 is 9.53 Å². The highest BCUT2D eigenvalue weighted by molar-refractivity contribution is 5.77. The predicted octanol–water partition coefficient (Wildman–Crippen LogP) is 4.36. The first-order chi connectivity index (χ1) is 10.7. The second-order valence-corrected chi connectivity index (χ2v) is 9.29. The fourth-order valence-electron chi connectivity index (χ4n) is 4.62. The van der Waals surface area contributed by atoms with Gasteiger partial charge in [0.25, 0.3) is 0 Å². The van der Waals surface area contributed by atoms with E-state index >= 15 is 0 Å². The predicted molar refractivity (Wildman–Crippen MR) is 95.2 cm³/mol. The molecule has 3 unspecified atom stereocenters. The van der Waals surface area contributed by atoms with Crippen LogP contribution in [0, 0.1) is 29.6 Å². The number of hydrogen-bond acceptors (Lipinski definition) is 2. The molecule has 1 saturated heterocycles. The fraction of sp³-hybridized carbons (Fsp3) is 0.950. The van der Waals surface area contributed by atoms with Gasteiger partial charge in [-0.05, 0) is 63.2 Å². The van der Waals surface area contributed by atoms with Gasteiger partial charge in [-0.15, -0.1) is 0 Å². The molecule has 3 heteroatoms. The third kappa shape index (κ3) is 5.20. The minimum atomic E-state index is -0.152. The maximum absolute atomic E-state index is 12.3. The normalized spacial score (nSPS) is 29.2. The Morgan fingerprint density at radius 3 is 2.43 bits per heavy atom. The first-order valence-corrected chi connectivity index (χ1v) is 9.59. The molecule has 0 bridgehead atoms. The van der Waals surface area contributed by atoms with Gasteiger partial charge in [0.2, 0.25) is 5.91 Å². The molecule has 23 heavy (non-hydrogen) atoms. The number of carbonyl (C=O) groups is 1. The molecule has 2 fully saturated rings. The topological polar surface area (TPSA) is 29.5 Å². The molecule has 3 nitrogen and oxygen atoms in total. The second kappa shape index (κ2) is 7.55. The van der Waals surface area contributed by atoms with Crippen molar-refractivity contribution in [2.75, 3.05) is 19.7 Å². The summed E-state index contributed by atoms with van der Waals surface area (Å²) in [6, 6.07) is 0. The standard InChI is InChI=1S/C20H37NO2/c1-14(2)11-16-8-7-15(3)19(16)17-12-21(13-17)18(22)9-10-23-20(4,5)6/h14-17,19H,7-13H2,1-6H3. The SMILES string of the molecule is CC(C)CC1CCC(C)C1C1CN(C(=O)CCOC(C)(C)C)C1. The number of ether oxygens (including phenoxy) is 1. The first kappa shape index (κ1) is 18.8. The Hall–Kier alpha value is -0.570. The van der Waals surface area contributed by atoms with Gasteiger partial charge in [0.15, 0.2) is 0 Å². The molecule has 0 radical (unpaired) electrons. The summed E-state index contributed by atoms with van der Waals surface area (Å²) in [5.41, 5.74) is -0.152. The number of rotatable bonds is 6. The molecule has 2 rings (SSSR count). The van der Waals surface area contributed by atoms with E-state index in [1.54, 1.807) is 0 Å². The van der Waals surface area contributed by atoms with Crippen LogP contribution in [0.25, 0.3) is 0 Å². The minimum absolute atomic E-state index is 0.152. The van der Waals surface area contributed by atoms with Gasteiger partial charge in [-0.2, -0.15) is 0 Å². The van der Waals surface area contributed by atoms with Crippen LogP contribution in [-0.2, 0) is 9.53 Å². The van der Waals surface area contributed by atoms with Crippen molar-refractivity contribution in [1.82, 2.24) is 4.90 Å². The van der Waals surface area contributed by atoms with Crippen LogP contribution in [-0.4, -0.2) is 36.1 Å². The highest BCUT2D eigenvalue weighted by Crippen LogP contribution is 2.46. The number of carbonyl (C=O) groups excluding carboxylic acids is 1. The highest BCUT2D eigenvalue weighted by atomic mass is 16.5. The Balaban J connectivity index is 1.75. The summed E-state index contributed by atoms with van der Waals surface area (Å²) in [5.74, 6) is 4.37. The van der Waals surface area contributed by atoms with E-state index in [4.69, 9.17) is 4.74 Å². The third-order valence-corrected chi connectivity index (χ3v) is 5.63. The van der Waals surface area contributed by atoms with Gasteiger partial charge in [0.05, 0.1) is 18.6 Å². The van der Waals surface area contributed by atoms with E-state index in [2.05, 4.69) is 20.8 Å². The van der Waals surface area contributed by atoms with Gasteiger partial charge in [-0.3, -0.25) is 4.79 Å². The fourth-order valence-corrected chi connectivity index (χ4v) is 4.62. The van der Waals surface area contributed by atoms with Crippen molar-refractivity contribution >= 4 is 5.91 Å². The lowest BCUT2D eigenvalue weighted by Crippen LogP contribution is -2.54. The van der Waals surface area contributed by atoms with E-state index in [1.165, 1.54) is 19.3 Å². The van der Waals surface area contributed by atoms with Crippen LogP contribution >= 0.6 is 0 Å². The molecule has 1 saturated carbocycles. The van der Waals surface area contributed by atoms with E-state index in [1.807, 2.05) is 25.7 Å². The molecule has 1 amide bonds. The zero-order chi connectivity index (χ0) is 17.2. The van der Waals surface area contributed by atoms with Crippen molar-refractivity contribution in [3.8, 4) is 0 Å². The van der Waals surface area contributed by atoms with Crippen molar-refractivity contribution in [1.29, 1.82) is 0 Å². The third-order valence-electron chi connectivity index (χ3n) is 5.63. The van der Waals surface area contributed by atoms with E-state index < -0.39 is 0 Å². The average molecular weight is 324 g/mol. The molecule has 1 aliphatic carbocycles. The van der Waals surface area contributed by atoms with E-state index in [-0.39, 0.29) is 11.5 Å². The van der Waals surface area contributed by atoms with Gasteiger partial charge in [-0.1, -0.05) is 27.2 Å². The maximum Gasteiger partial charge on any atom is 0.224 e. The average Bonchev–Trinajstić information content (AvgIpc) is 2.67. The zero-order valence-corrected chi connectivity index (χ0v) is 16.1. The Bertz CT molecular complexity index is 393. The van der Waals surface area contributed by atoms with Crippen molar-refractivity contribution in [3.05, 3.63) is 0 Å². The first-order valence-electron chi connectivity index (χ1n) is 9.59. The van der Waals surface area contributed by atoms with Crippen LogP contribution in [0.5, 0.6) is 0 Å². The van der Waals surface area contributed by atoms with Crippen molar-refractivity contribution in [2.24, 2.45) is 29.6 Å². The molecule has 0 aromatic carbocycles. The summed E-state index contributed by atoms with van der Waals surface area (Å²) in [7, 11) is 0. The lowest BCUT2D eigenvalue weighted by Gasteiger charge is -2.46. The quantitative estimate of drug-likeness (QED) is 0.727. The molecule has 1 heterocycles. The summed E-state index contributed by atoms with van der Waals surface area (Å²) in [6.07, 6.45) is 4.66. The molecule has 3 atom stereocenters. The monoisotopic (exact) mass is 323 g/mol. The number of hydrogen-bond donors (Lipinski definition) is 0. The van der Waals surface area contributed by atoms with Crippen LogP contribution in [0.4, 0.5) is 0 Å². The molecule has 0 spiro atoms. The van der Waals surface area contributed by atoms with Crippen molar-refractivity contribution in [3.63, 3.8) is 0 Å². The number of amides is 1. The van der Waals surface area contributed by atoms with Gasteiger partial charge < -0.3 is 9.64 Å². The van der Waals surface area contributed by atoms with Crippen LogP contribution in [0.2, 0.25) is 0 Å². The van der Waals surface area contributed by atoms with E-state index in [0.29, 0.717) is 13.0 Å². The van der Waals surface area contributed by atoms with E-state index in [0.717, 1.165) is 42.7 Å². The molecule has 0 N–H and O–H groups in total. The highest BCUT2D eigenvalue weighted by Gasteiger charge is 2.44. The maximum atomic E-state index is 12.3. The van der Waals surface area contributed by atoms with Crippen LogP contribution in [0.15, 0.2) is 0 Å². The Morgan fingerprint density at radius 1 is 1.22 bits per heavy atom. The van der Waals surface area contributed by atoms with Crippen LogP contribution in [0.1, 0.15) is 67.2 Å². The molecule has 0 aromatic rings. The molecule has 134 valence electrons. The van der Waals surface area contributed by atoms with Gasteiger partial charge in [0.1, 0.15) is 0 Å². The van der Waals surface area contributed by atoms with Gasteiger partial charge in [-0.25, -0.2) is 0 Å². The molecule has 2 aliphatic rings. The second-order valence-electron chi connectivity index (χ2n) is 9.29. The number of likely N-dealkylation sites (tertiary alicyclic amines) is 1. The van der Waals surface area contributed by atoms with Crippen molar-refractivity contribution in [2.45, 2.75) is 72.8 Å². The number of nitrogens with zero attached hydrogens (tertiary/aromatic N) is 1. The van der Waals surface area contributed by atoms with Gasteiger partial charge in [0, 0.05) is 13.1 Å². The summed E-state index contributed by atoms with van der Waals surface area (Å²) in [6.45, 7) is 15.7. The summed E-state index contributed by atoms with van der Waals surface area (Å²) >= 11 is 0. The molecular weight excluding hydrogens is 286 g/mol. The van der Waals surface area contributed by atoms with Crippen LogP contribution in [0.3, 0.4) is 0 Å². The Morgan fingerprint density at radius 2 is 1.87 bits per heavy atom. The van der Waals surface area contributed by atoms with Crippen LogP contribution < -0.4 is 0 Å². The lowest BCUT2D eigenvalue weighted by molar-refractivity contribution is -0.142. The zero-order valence-electron chi connectivity index (χ0n) is 16.1. The van der Waals surface area contributed by atoms with Gasteiger partial charge >= 0.3 is 0 Å². The molecular formula is C20H37NO2. The van der Waals surface area contributed by atoms with E-state index in [9.17, 15) is 4.79 Å². The minimum Gasteiger partial charge on any atom is -0.375 e. The summed E-state index contributed by atoms with van der Waals surface area (Å²) < 4.78 is 5.68. The Kier molecular flexibility index (Phi) is 6.16.